The van der Waals surface area contributed by atoms with Gasteiger partial charge in [0.05, 0.1) is 103 Å². The fourth-order valence-electron chi connectivity index (χ4n) is 12.1. The summed E-state index contributed by atoms with van der Waals surface area (Å²) >= 11 is 11.5. The zero-order valence-corrected chi connectivity index (χ0v) is 75.3. The van der Waals surface area contributed by atoms with Gasteiger partial charge in [-0.2, -0.15) is 11.8 Å². The van der Waals surface area contributed by atoms with Crippen LogP contribution in [0.3, 0.4) is 0 Å². The Hall–Kier alpha value is -5.61. The smallest absolute Gasteiger partial charge is 0.312 e. The Balaban J connectivity index is 0.000000187. The number of carbonyl (C=O) groups excluding carboxylic acids is 8. The number of rotatable bonds is 24. The lowest BCUT2D eigenvalue weighted by atomic mass is 9.88. The van der Waals surface area contributed by atoms with Crippen molar-refractivity contribution in [3.8, 4) is 0 Å². The Labute approximate surface area is 693 Å². The minimum Gasteiger partial charge on any atom is -0.461 e. The molecule has 1 saturated carbocycles. The molecule has 0 aromatic carbocycles. The molecule has 6 aromatic rings. The average molecular weight is 1680 g/mol. The Morgan fingerprint density at radius 2 is 0.768 bits per heavy atom. The Bertz CT molecular complexity index is 3780. The van der Waals surface area contributed by atoms with Crippen LogP contribution in [0, 0.1) is 32.5 Å². The van der Waals surface area contributed by atoms with E-state index in [-0.39, 0.29) is 78.4 Å². The molecule has 6 aliphatic rings. The van der Waals surface area contributed by atoms with Crippen LogP contribution in [0.1, 0.15) is 258 Å². The molecular formula is C87H122O18S7. The second-order valence-electron chi connectivity index (χ2n) is 33.7. The molecule has 112 heavy (non-hydrogen) atoms. The van der Waals surface area contributed by atoms with Crippen molar-refractivity contribution in [2.45, 2.75) is 274 Å². The Morgan fingerprint density at radius 3 is 1.09 bits per heavy atom. The maximum atomic E-state index is 12.4. The molecule has 5 saturated heterocycles. The van der Waals surface area contributed by atoms with Crippen LogP contribution in [0.15, 0.2) is 105 Å². The van der Waals surface area contributed by atoms with E-state index in [1.54, 1.807) is 56.7 Å². The summed E-state index contributed by atoms with van der Waals surface area (Å²) < 4.78 is 57.0. The molecule has 6 fully saturated rings. The number of esters is 7. The van der Waals surface area contributed by atoms with Gasteiger partial charge in [-0.15, -0.1) is 68.0 Å². The second-order valence-corrected chi connectivity index (χ2v) is 40.5. The maximum absolute atomic E-state index is 12.4. The van der Waals surface area contributed by atoms with Crippen molar-refractivity contribution < 1.29 is 85.7 Å². The van der Waals surface area contributed by atoms with E-state index in [1.807, 2.05) is 244 Å². The lowest BCUT2D eigenvalue weighted by Crippen LogP contribution is -2.41. The SMILES string of the molecule is CCC(C)(C)C(=O)OC1(c2cccs2)CCC(=O)C1.CCC(C)(C)C(=O)OC1(c2cccs2)CCOC1.CCC(C)(C)C(=O)OC1(c2cccs2)CCOC1C.CCC(C)(C)C(=O)OC1(c2cccs2)CCSC1.CCC(C)(C)C(=O)OC1(c2cccs2)COC(=O)C1.CCC(C)(C)C(=O)OC1(c2cccs2)COC(C)C1. The van der Waals surface area contributed by atoms with Crippen LogP contribution in [-0.4, -0.2) is 104 Å². The first-order valence-electron chi connectivity index (χ1n) is 39.3. The van der Waals surface area contributed by atoms with Crippen LogP contribution in [0.4, 0.5) is 0 Å². The molecular weight excluding hydrogens is 1560 g/mol. The molecule has 0 N–H and O–H groups in total. The molecule has 6 aromatic heterocycles. The van der Waals surface area contributed by atoms with Gasteiger partial charge in [0.25, 0.3) is 0 Å². The number of hydrogen-bond donors (Lipinski definition) is 0. The number of carbonyl (C=O) groups is 8. The third-order valence-electron chi connectivity index (χ3n) is 23.0. The number of ether oxygens (including phenoxy) is 10. The normalized spacial score (nSPS) is 25.0. The summed E-state index contributed by atoms with van der Waals surface area (Å²) in [6.07, 6.45) is 9.22. The predicted molar refractivity (Wildman–Crippen MR) is 449 cm³/mol. The zero-order valence-electron chi connectivity index (χ0n) is 69.6. The molecule has 8 unspecified atom stereocenters. The minimum absolute atomic E-state index is 0.0686. The van der Waals surface area contributed by atoms with E-state index in [4.69, 9.17) is 47.4 Å². The van der Waals surface area contributed by atoms with Gasteiger partial charge in [0.2, 0.25) is 0 Å². The minimum atomic E-state index is -0.936. The lowest BCUT2D eigenvalue weighted by Gasteiger charge is -2.34. The highest BCUT2D eigenvalue weighted by molar-refractivity contribution is 7.99. The van der Waals surface area contributed by atoms with Gasteiger partial charge in [-0.1, -0.05) is 77.9 Å². The van der Waals surface area contributed by atoms with E-state index >= 15 is 0 Å². The molecule has 620 valence electrons. The second kappa shape index (κ2) is 39.6. The number of thioether (sulfide) groups is 1. The van der Waals surface area contributed by atoms with Gasteiger partial charge in [-0.3, -0.25) is 38.4 Å². The molecule has 8 atom stereocenters. The van der Waals surface area contributed by atoms with Crippen LogP contribution < -0.4 is 0 Å². The van der Waals surface area contributed by atoms with E-state index in [0.717, 1.165) is 93.7 Å². The third-order valence-corrected chi connectivity index (χ3v) is 30.5. The van der Waals surface area contributed by atoms with Crippen LogP contribution in [0.25, 0.3) is 0 Å². The van der Waals surface area contributed by atoms with Crippen molar-refractivity contribution in [1.29, 1.82) is 0 Å². The molecule has 1 aliphatic carbocycles. The van der Waals surface area contributed by atoms with Gasteiger partial charge in [-0.25, -0.2) is 0 Å². The highest BCUT2D eigenvalue weighted by atomic mass is 32.2. The molecule has 5 aliphatic heterocycles. The summed E-state index contributed by atoms with van der Waals surface area (Å²) in [5.41, 5.74) is -6.56. The molecule has 0 radical (unpaired) electrons. The lowest BCUT2D eigenvalue weighted by molar-refractivity contribution is -0.177. The van der Waals surface area contributed by atoms with E-state index in [9.17, 15) is 38.4 Å². The van der Waals surface area contributed by atoms with E-state index in [2.05, 4.69) is 11.4 Å². The summed E-state index contributed by atoms with van der Waals surface area (Å²) in [4.78, 5) is 103. The first-order chi connectivity index (χ1) is 52.6. The molecule has 11 heterocycles. The van der Waals surface area contributed by atoms with Gasteiger partial charge in [-0.05, 0) is 216 Å². The topological polar surface area (TPSA) is 229 Å². The van der Waals surface area contributed by atoms with Crippen LogP contribution >= 0.6 is 79.8 Å². The van der Waals surface area contributed by atoms with E-state index in [0.29, 0.717) is 52.1 Å². The molecule has 25 heteroatoms. The van der Waals surface area contributed by atoms with Gasteiger partial charge in [0.1, 0.15) is 12.4 Å². The summed E-state index contributed by atoms with van der Waals surface area (Å²) in [6, 6.07) is 23.8. The fourth-order valence-corrected chi connectivity index (χ4v) is 18.8. The predicted octanol–water partition coefficient (Wildman–Crippen LogP) is 21.4. The maximum Gasteiger partial charge on any atom is 0.312 e. The van der Waals surface area contributed by atoms with Gasteiger partial charge < -0.3 is 47.4 Å². The first kappa shape index (κ1) is 93.6. The summed E-state index contributed by atoms with van der Waals surface area (Å²) in [5.74, 6) is 0.828. The summed E-state index contributed by atoms with van der Waals surface area (Å²) in [7, 11) is 0. The number of hydrogen-bond acceptors (Lipinski definition) is 25. The third kappa shape index (κ3) is 23.0. The standard InChI is InChI=1S/2C15H22O3S.C15H20O3S.C14H18O4S.C14H20O3S.C14H20O2S2/c1-5-14(3,4)13(16)18-15(8-9-17-11(15)2)12-7-6-10-19-12;1-5-14(3,4)13(16)18-15(9-11(2)17-10-15)12-7-6-8-19-12;1-4-14(2,3)13(17)18-15(8-7-11(16)10-15)12-6-5-9-19-12;1-4-13(2,3)12(16)18-14(8-11(15)17-9-14)10-6-5-7-19-10;1-4-13(2,3)12(15)17-14(7-8-16-10-14)11-6-5-9-18-11;1-4-13(2,3)12(15)16-14(7-9-17-10-14)11-6-5-8-18-11/h6-7,10-11H,5,8-9H2,1-4H3;6-8,11H,5,9-10H2,1-4H3;5-6,9H,4,7-8,10H2,1-3H3;5-7H,4,8-9H2,1-3H3;5-6,9H,4,7-8,10H2,1-3H3;5-6,8H,4,7,9-10H2,1-3H3. The summed E-state index contributed by atoms with van der Waals surface area (Å²) in [6.45, 7) is 41.2. The fraction of sp³-hybridized carbons (Fsp3) is 0.632. The zero-order chi connectivity index (χ0) is 82.8. The molecule has 0 bridgehead atoms. The largest absolute Gasteiger partial charge is 0.461 e. The number of thiophene rings is 6. The Morgan fingerprint density at radius 1 is 0.402 bits per heavy atom. The van der Waals surface area contributed by atoms with Crippen molar-refractivity contribution >= 4 is 127 Å². The molecule has 0 amide bonds. The average Bonchev–Trinajstić information content (AvgIpc) is 1.69. The van der Waals surface area contributed by atoms with Crippen molar-refractivity contribution in [2.75, 3.05) is 44.5 Å². The Kier molecular flexibility index (Phi) is 33.0. The number of ketones is 1. The van der Waals surface area contributed by atoms with Gasteiger partial charge in [0.15, 0.2) is 33.6 Å². The van der Waals surface area contributed by atoms with Crippen molar-refractivity contribution in [1.82, 2.24) is 0 Å². The van der Waals surface area contributed by atoms with Crippen molar-refractivity contribution in [3.05, 3.63) is 134 Å². The highest BCUT2D eigenvalue weighted by Gasteiger charge is 2.53. The van der Waals surface area contributed by atoms with Crippen molar-refractivity contribution in [2.24, 2.45) is 32.5 Å². The molecule has 0 spiro atoms. The van der Waals surface area contributed by atoms with Gasteiger partial charge in [0, 0.05) is 47.6 Å². The van der Waals surface area contributed by atoms with E-state index in [1.165, 1.54) is 16.2 Å². The van der Waals surface area contributed by atoms with E-state index < -0.39 is 60.5 Å². The van der Waals surface area contributed by atoms with Crippen LogP contribution in [0.2, 0.25) is 0 Å². The molecule has 18 nitrogen and oxygen atoms in total. The number of Topliss-reactive ketones (excluding diaryl/α,β-unsaturated/α-hetero) is 1. The monoisotopic (exact) mass is 1680 g/mol. The quantitative estimate of drug-likeness (QED) is 0.0405. The highest BCUT2D eigenvalue weighted by Crippen LogP contribution is 2.49. The van der Waals surface area contributed by atoms with Crippen molar-refractivity contribution in [3.63, 3.8) is 0 Å². The number of cyclic esters (lactones) is 1. The summed E-state index contributed by atoms with van der Waals surface area (Å²) in [5, 5.41) is 11.9. The molecule has 12 rings (SSSR count). The van der Waals surface area contributed by atoms with Gasteiger partial charge >= 0.3 is 41.8 Å². The first-order valence-corrected chi connectivity index (χ1v) is 45.7. The van der Waals surface area contributed by atoms with Crippen LogP contribution in [-0.2, 0) is 119 Å². The van der Waals surface area contributed by atoms with Crippen LogP contribution in [0.5, 0.6) is 0 Å².